The average molecular weight is 339 g/mol. The Labute approximate surface area is 148 Å². The van der Waals surface area contributed by atoms with E-state index in [0.29, 0.717) is 18.9 Å². The molecule has 2 aliphatic rings. The second kappa shape index (κ2) is 6.96. The molecule has 1 aliphatic heterocycles. The van der Waals surface area contributed by atoms with Crippen LogP contribution in [0, 0.1) is 12.8 Å². The van der Waals surface area contributed by atoms with Gasteiger partial charge in [0, 0.05) is 37.9 Å². The molecule has 0 aromatic carbocycles. The van der Waals surface area contributed by atoms with Crippen LogP contribution in [0.3, 0.4) is 0 Å². The number of amides is 1. The molecule has 25 heavy (non-hydrogen) atoms. The number of nitrogens with one attached hydrogen (secondary N) is 1. The van der Waals surface area contributed by atoms with E-state index in [1.165, 1.54) is 12.8 Å². The molecular formula is C19H25N5O. The molecule has 0 atom stereocenters. The zero-order chi connectivity index (χ0) is 17.2. The van der Waals surface area contributed by atoms with Gasteiger partial charge in [-0.15, -0.1) is 0 Å². The van der Waals surface area contributed by atoms with E-state index in [1.54, 1.807) is 0 Å². The van der Waals surface area contributed by atoms with Crippen molar-refractivity contribution in [2.45, 2.75) is 52.4 Å². The van der Waals surface area contributed by atoms with E-state index in [9.17, 15) is 4.79 Å². The normalized spacial score (nSPS) is 17.3. The van der Waals surface area contributed by atoms with Gasteiger partial charge in [-0.2, -0.15) is 0 Å². The van der Waals surface area contributed by atoms with E-state index >= 15 is 0 Å². The van der Waals surface area contributed by atoms with Crippen molar-refractivity contribution in [1.29, 1.82) is 0 Å². The summed E-state index contributed by atoms with van der Waals surface area (Å²) in [5, 5.41) is 3.00. The lowest BCUT2D eigenvalue weighted by Crippen LogP contribution is -2.33. The smallest absolute Gasteiger partial charge is 0.220 e. The molecule has 1 amide bonds. The third-order valence-electron chi connectivity index (χ3n) is 4.90. The van der Waals surface area contributed by atoms with Crippen molar-refractivity contribution in [2.75, 3.05) is 6.54 Å². The third kappa shape index (κ3) is 4.25. The van der Waals surface area contributed by atoms with Gasteiger partial charge in [0.1, 0.15) is 5.82 Å². The van der Waals surface area contributed by atoms with Crippen molar-refractivity contribution in [3.8, 4) is 0 Å². The van der Waals surface area contributed by atoms with Gasteiger partial charge in [0.2, 0.25) is 5.91 Å². The molecule has 4 rings (SSSR count). The van der Waals surface area contributed by atoms with Crippen LogP contribution in [0.25, 0.3) is 0 Å². The summed E-state index contributed by atoms with van der Waals surface area (Å²) in [6, 6.07) is 6.16. The molecule has 3 heterocycles. The summed E-state index contributed by atoms with van der Waals surface area (Å²) < 4.78 is 2.21. The first kappa shape index (κ1) is 16.3. The molecule has 6 nitrogen and oxygen atoms in total. The zero-order valence-corrected chi connectivity index (χ0v) is 14.7. The van der Waals surface area contributed by atoms with Gasteiger partial charge in [-0.05, 0) is 37.8 Å². The molecule has 0 saturated heterocycles. The fraction of sp³-hybridized carbons (Fsp3) is 0.526. The topological polar surface area (TPSA) is 63.0 Å². The standard InChI is InChI=1S/C19H25N5O/c1-14-3-2-4-16(21-14)11-23-7-8-24-12-17(22-18(24)13-23)10-20-19(25)9-15-5-6-15/h2-4,12,15H,5-11,13H2,1H3,(H,20,25). The molecule has 0 unspecified atom stereocenters. The molecule has 0 radical (unpaired) electrons. The third-order valence-corrected chi connectivity index (χ3v) is 4.90. The van der Waals surface area contributed by atoms with Crippen LogP contribution in [0.1, 0.15) is 42.2 Å². The van der Waals surface area contributed by atoms with Gasteiger partial charge >= 0.3 is 0 Å². The molecule has 1 fully saturated rings. The average Bonchev–Trinajstić information content (AvgIpc) is 3.29. The van der Waals surface area contributed by atoms with Crippen LogP contribution in [0.5, 0.6) is 0 Å². The van der Waals surface area contributed by atoms with Crippen LogP contribution in [-0.4, -0.2) is 31.9 Å². The fourth-order valence-electron chi connectivity index (χ4n) is 3.34. The Hall–Kier alpha value is -2.21. The summed E-state index contributed by atoms with van der Waals surface area (Å²) >= 11 is 0. The Morgan fingerprint density at radius 1 is 1.24 bits per heavy atom. The van der Waals surface area contributed by atoms with Crippen molar-refractivity contribution in [3.05, 3.63) is 47.3 Å². The van der Waals surface area contributed by atoms with Gasteiger partial charge in [-0.1, -0.05) is 6.07 Å². The number of aromatic nitrogens is 3. The Kier molecular flexibility index (Phi) is 4.53. The molecule has 2 aromatic heterocycles. The second-order valence-electron chi connectivity index (χ2n) is 7.25. The summed E-state index contributed by atoms with van der Waals surface area (Å²) in [5.41, 5.74) is 3.11. The first-order chi connectivity index (χ1) is 12.2. The van der Waals surface area contributed by atoms with Crippen LogP contribution in [-0.2, 0) is 31.0 Å². The first-order valence-corrected chi connectivity index (χ1v) is 9.12. The molecular weight excluding hydrogens is 314 g/mol. The molecule has 0 bridgehead atoms. The van der Waals surface area contributed by atoms with E-state index in [2.05, 4.69) is 38.1 Å². The van der Waals surface area contributed by atoms with Gasteiger partial charge in [-0.25, -0.2) is 4.98 Å². The van der Waals surface area contributed by atoms with E-state index in [4.69, 9.17) is 4.98 Å². The minimum absolute atomic E-state index is 0.153. The highest BCUT2D eigenvalue weighted by Gasteiger charge is 2.24. The van der Waals surface area contributed by atoms with Crippen molar-refractivity contribution >= 4 is 5.91 Å². The fourth-order valence-corrected chi connectivity index (χ4v) is 3.34. The SMILES string of the molecule is Cc1cccc(CN2CCn3cc(CNC(=O)CC4CC4)nc3C2)n1. The van der Waals surface area contributed by atoms with Gasteiger partial charge < -0.3 is 9.88 Å². The lowest BCUT2D eigenvalue weighted by Gasteiger charge is -2.27. The summed E-state index contributed by atoms with van der Waals surface area (Å²) in [6.45, 7) is 6.16. The van der Waals surface area contributed by atoms with Crippen molar-refractivity contribution in [2.24, 2.45) is 5.92 Å². The monoisotopic (exact) mass is 339 g/mol. The highest BCUT2D eigenvalue weighted by atomic mass is 16.1. The molecule has 132 valence electrons. The predicted octanol–water partition coefficient (Wildman–Crippen LogP) is 2.02. The molecule has 0 spiro atoms. The minimum atomic E-state index is 0.153. The van der Waals surface area contributed by atoms with Gasteiger partial charge in [-0.3, -0.25) is 14.7 Å². The molecule has 2 aromatic rings. The Bertz CT molecular complexity index is 765. The summed E-state index contributed by atoms with van der Waals surface area (Å²) in [4.78, 5) is 23.5. The maximum Gasteiger partial charge on any atom is 0.220 e. The highest BCUT2D eigenvalue weighted by molar-refractivity contribution is 5.76. The van der Waals surface area contributed by atoms with Crippen LogP contribution >= 0.6 is 0 Å². The maximum atomic E-state index is 11.8. The number of imidazole rings is 1. The number of pyridine rings is 1. The largest absolute Gasteiger partial charge is 0.350 e. The van der Waals surface area contributed by atoms with E-state index in [-0.39, 0.29) is 5.91 Å². The van der Waals surface area contributed by atoms with Gasteiger partial charge in [0.05, 0.1) is 24.5 Å². The number of nitrogens with zero attached hydrogens (tertiary/aromatic N) is 4. The Balaban J connectivity index is 1.33. The van der Waals surface area contributed by atoms with Crippen LogP contribution in [0.4, 0.5) is 0 Å². The van der Waals surface area contributed by atoms with E-state index in [0.717, 1.165) is 49.1 Å². The summed E-state index contributed by atoms with van der Waals surface area (Å²) in [6.07, 6.45) is 5.16. The molecule has 6 heteroatoms. The van der Waals surface area contributed by atoms with Crippen molar-refractivity contribution in [1.82, 2.24) is 24.8 Å². The summed E-state index contributed by atoms with van der Waals surface area (Å²) in [7, 11) is 0. The number of aryl methyl sites for hydroxylation is 1. The van der Waals surface area contributed by atoms with E-state index < -0.39 is 0 Å². The number of hydrogen-bond donors (Lipinski definition) is 1. The highest BCUT2D eigenvalue weighted by Crippen LogP contribution is 2.32. The molecule has 1 N–H and O–H groups in total. The second-order valence-corrected chi connectivity index (χ2v) is 7.25. The Morgan fingerprint density at radius 2 is 2.12 bits per heavy atom. The molecule has 1 aliphatic carbocycles. The Morgan fingerprint density at radius 3 is 2.92 bits per heavy atom. The van der Waals surface area contributed by atoms with Gasteiger partial charge in [0.25, 0.3) is 0 Å². The summed E-state index contributed by atoms with van der Waals surface area (Å²) in [5.74, 6) is 1.85. The van der Waals surface area contributed by atoms with Gasteiger partial charge in [0.15, 0.2) is 0 Å². The van der Waals surface area contributed by atoms with Crippen molar-refractivity contribution < 1.29 is 4.79 Å². The quantitative estimate of drug-likeness (QED) is 0.874. The minimum Gasteiger partial charge on any atom is -0.350 e. The number of rotatable bonds is 6. The lowest BCUT2D eigenvalue weighted by molar-refractivity contribution is -0.121. The van der Waals surface area contributed by atoms with E-state index in [1.807, 2.05) is 13.0 Å². The lowest BCUT2D eigenvalue weighted by atomic mass is 10.2. The van der Waals surface area contributed by atoms with Crippen LogP contribution in [0.15, 0.2) is 24.4 Å². The molecule has 1 saturated carbocycles. The van der Waals surface area contributed by atoms with Crippen LogP contribution < -0.4 is 5.32 Å². The van der Waals surface area contributed by atoms with Crippen LogP contribution in [0.2, 0.25) is 0 Å². The number of carbonyl (C=O) groups excluding carboxylic acids is 1. The number of fused-ring (bicyclic) bond motifs is 1. The number of carbonyl (C=O) groups is 1. The first-order valence-electron chi connectivity index (χ1n) is 9.12. The van der Waals surface area contributed by atoms with Crippen molar-refractivity contribution in [3.63, 3.8) is 0 Å². The number of hydrogen-bond acceptors (Lipinski definition) is 4. The predicted molar refractivity (Wildman–Crippen MR) is 94.5 cm³/mol. The maximum absolute atomic E-state index is 11.8. The zero-order valence-electron chi connectivity index (χ0n) is 14.7.